The molecule has 3 nitrogen and oxygen atoms in total. The van der Waals surface area contributed by atoms with E-state index in [2.05, 4.69) is 47.0 Å². The molecule has 0 saturated carbocycles. The maximum Gasteiger partial charge on any atom is 0.120 e. The molecule has 1 heterocycles. The van der Waals surface area contributed by atoms with E-state index in [1.807, 2.05) is 54.2 Å². The Morgan fingerprint density at radius 3 is 2.33 bits per heavy atom. The average molecular weight is 375 g/mol. The molecule has 0 radical (unpaired) electrons. The van der Waals surface area contributed by atoms with Crippen molar-refractivity contribution in [1.29, 1.82) is 0 Å². The smallest absolute Gasteiger partial charge is 0.120 e. The number of nitrogens with zero attached hydrogens (tertiary/aromatic N) is 2. The third-order valence-electron chi connectivity index (χ3n) is 4.38. The number of rotatable bonds is 8. The molecular formula is C23H22N2OS. The average Bonchev–Trinajstić information content (AvgIpc) is 3.09. The summed E-state index contributed by atoms with van der Waals surface area (Å²) in [7, 11) is 0. The molecule has 136 valence electrons. The normalized spacial score (nSPS) is 11.0. The number of hydrogen-bond donors (Lipinski definition) is 0. The Bertz CT molecular complexity index is 983. The Labute approximate surface area is 164 Å². The van der Waals surface area contributed by atoms with E-state index in [-0.39, 0.29) is 0 Å². The van der Waals surface area contributed by atoms with Crippen LogP contribution < -0.4 is 4.74 Å². The summed E-state index contributed by atoms with van der Waals surface area (Å²) in [6.07, 6.45) is 0.943. The number of fused-ring (bicyclic) bond motifs is 1. The van der Waals surface area contributed by atoms with Gasteiger partial charge in [-0.25, -0.2) is 4.98 Å². The molecule has 4 heteroatoms. The van der Waals surface area contributed by atoms with Crippen LogP contribution in [0.4, 0.5) is 0 Å². The Balaban J connectivity index is 1.44. The van der Waals surface area contributed by atoms with Crippen molar-refractivity contribution in [2.45, 2.75) is 23.6 Å². The zero-order valence-electron chi connectivity index (χ0n) is 15.1. The Morgan fingerprint density at radius 1 is 0.815 bits per heavy atom. The van der Waals surface area contributed by atoms with E-state index >= 15 is 0 Å². The minimum absolute atomic E-state index is 0.696. The number of aromatic nitrogens is 2. The van der Waals surface area contributed by atoms with Gasteiger partial charge in [-0.15, -0.1) is 11.8 Å². The van der Waals surface area contributed by atoms with Gasteiger partial charge in [0.15, 0.2) is 0 Å². The summed E-state index contributed by atoms with van der Waals surface area (Å²) in [5.41, 5.74) is 2.26. The van der Waals surface area contributed by atoms with Crippen LogP contribution in [0.15, 0.2) is 89.8 Å². The first kappa shape index (κ1) is 17.7. The fourth-order valence-electron chi connectivity index (χ4n) is 3.08. The molecule has 0 fully saturated rings. The molecule has 0 unspecified atom stereocenters. The lowest BCUT2D eigenvalue weighted by Crippen LogP contribution is -2.07. The number of para-hydroxylation sites is 3. The Kier molecular flexibility index (Phi) is 5.75. The van der Waals surface area contributed by atoms with Crippen LogP contribution in [0.3, 0.4) is 0 Å². The molecule has 4 aromatic rings. The summed E-state index contributed by atoms with van der Waals surface area (Å²) in [6, 6.07) is 28.8. The number of thioether (sulfide) groups is 1. The molecule has 0 atom stereocenters. The van der Waals surface area contributed by atoms with Crippen molar-refractivity contribution in [1.82, 2.24) is 9.55 Å². The van der Waals surface area contributed by atoms with Crippen molar-refractivity contribution >= 4 is 22.8 Å². The molecule has 3 aromatic carbocycles. The molecule has 0 aliphatic carbocycles. The Hall–Kier alpha value is -2.72. The van der Waals surface area contributed by atoms with Crippen molar-refractivity contribution in [3.63, 3.8) is 0 Å². The van der Waals surface area contributed by atoms with Gasteiger partial charge in [0, 0.05) is 11.4 Å². The fraction of sp³-hybridized carbons (Fsp3) is 0.174. The monoisotopic (exact) mass is 374 g/mol. The number of aryl methyl sites for hydroxylation is 1. The van der Waals surface area contributed by atoms with Crippen molar-refractivity contribution in [2.24, 2.45) is 0 Å². The molecule has 4 rings (SSSR count). The molecule has 0 N–H and O–H groups in total. The third-order valence-corrected chi connectivity index (χ3v) is 5.39. The molecule has 27 heavy (non-hydrogen) atoms. The largest absolute Gasteiger partial charge is 0.494 e. The highest BCUT2D eigenvalue weighted by molar-refractivity contribution is 7.98. The summed E-state index contributed by atoms with van der Waals surface area (Å²) in [5.74, 6) is 2.90. The predicted octanol–water partition coefficient (Wildman–Crippen LogP) is 5.80. The molecule has 0 amide bonds. The minimum Gasteiger partial charge on any atom is -0.494 e. The summed E-state index contributed by atoms with van der Waals surface area (Å²) in [5, 5.41) is 0. The SMILES string of the molecule is c1ccc(OCCCn2c(CSc3ccccc3)nc3ccccc32)cc1. The maximum atomic E-state index is 5.85. The van der Waals surface area contributed by atoms with Crippen LogP contribution in [-0.2, 0) is 12.3 Å². The predicted molar refractivity (Wildman–Crippen MR) is 112 cm³/mol. The summed E-state index contributed by atoms with van der Waals surface area (Å²) in [4.78, 5) is 6.13. The quantitative estimate of drug-likeness (QED) is 0.288. The van der Waals surface area contributed by atoms with Crippen LogP contribution in [0.1, 0.15) is 12.2 Å². The zero-order valence-corrected chi connectivity index (χ0v) is 15.9. The second-order valence-corrected chi connectivity index (χ2v) is 7.33. The zero-order chi connectivity index (χ0) is 18.3. The third kappa shape index (κ3) is 4.52. The lowest BCUT2D eigenvalue weighted by molar-refractivity contribution is 0.302. The van der Waals surface area contributed by atoms with Gasteiger partial charge < -0.3 is 9.30 Å². The van der Waals surface area contributed by atoms with Crippen LogP contribution in [0, 0.1) is 0 Å². The van der Waals surface area contributed by atoms with Crippen molar-refractivity contribution in [2.75, 3.05) is 6.61 Å². The molecule has 0 spiro atoms. The highest BCUT2D eigenvalue weighted by atomic mass is 32.2. The van der Waals surface area contributed by atoms with Gasteiger partial charge in [-0.05, 0) is 42.8 Å². The number of imidazole rings is 1. The topological polar surface area (TPSA) is 27.1 Å². The molecule has 0 saturated heterocycles. The van der Waals surface area contributed by atoms with Crippen LogP contribution in [0.5, 0.6) is 5.75 Å². The first-order valence-corrected chi connectivity index (χ1v) is 10.2. The van der Waals surface area contributed by atoms with Gasteiger partial charge in [0.25, 0.3) is 0 Å². The van der Waals surface area contributed by atoms with Gasteiger partial charge in [-0.2, -0.15) is 0 Å². The van der Waals surface area contributed by atoms with Crippen LogP contribution in [0.2, 0.25) is 0 Å². The van der Waals surface area contributed by atoms with Gasteiger partial charge in [0.1, 0.15) is 11.6 Å². The second kappa shape index (κ2) is 8.78. The van der Waals surface area contributed by atoms with E-state index < -0.39 is 0 Å². The number of ether oxygens (including phenoxy) is 1. The van der Waals surface area contributed by atoms with Crippen LogP contribution in [-0.4, -0.2) is 16.2 Å². The van der Waals surface area contributed by atoms with Gasteiger partial charge in [0.05, 0.1) is 23.4 Å². The highest BCUT2D eigenvalue weighted by Gasteiger charge is 2.10. The lowest BCUT2D eigenvalue weighted by atomic mass is 10.3. The van der Waals surface area contributed by atoms with Gasteiger partial charge in [0.2, 0.25) is 0 Å². The second-order valence-electron chi connectivity index (χ2n) is 6.29. The van der Waals surface area contributed by atoms with E-state index in [1.165, 1.54) is 10.4 Å². The molecule has 0 aliphatic heterocycles. The van der Waals surface area contributed by atoms with E-state index in [0.717, 1.165) is 35.8 Å². The van der Waals surface area contributed by atoms with Crippen LogP contribution >= 0.6 is 11.8 Å². The van der Waals surface area contributed by atoms with E-state index in [9.17, 15) is 0 Å². The summed E-state index contributed by atoms with van der Waals surface area (Å²) < 4.78 is 8.18. The van der Waals surface area contributed by atoms with E-state index in [0.29, 0.717) is 6.61 Å². The minimum atomic E-state index is 0.696. The van der Waals surface area contributed by atoms with Crippen molar-refractivity contribution in [3.05, 3.63) is 90.8 Å². The molecule has 0 aliphatic rings. The standard InChI is InChI=1S/C23H22N2OS/c1-3-10-19(11-4-1)26-17-9-16-25-22-15-8-7-14-21(22)24-23(25)18-27-20-12-5-2-6-13-20/h1-8,10-15H,9,16-18H2. The van der Waals surface area contributed by atoms with E-state index in [4.69, 9.17) is 9.72 Å². The Morgan fingerprint density at radius 2 is 1.52 bits per heavy atom. The van der Waals surface area contributed by atoms with Crippen molar-refractivity contribution < 1.29 is 4.74 Å². The summed E-state index contributed by atoms with van der Waals surface area (Å²) >= 11 is 1.82. The molecule has 0 bridgehead atoms. The maximum absolute atomic E-state index is 5.85. The first-order chi connectivity index (χ1) is 13.4. The van der Waals surface area contributed by atoms with Gasteiger partial charge in [-0.1, -0.05) is 48.5 Å². The van der Waals surface area contributed by atoms with Gasteiger partial charge >= 0.3 is 0 Å². The first-order valence-electron chi connectivity index (χ1n) is 9.20. The lowest BCUT2D eigenvalue weighted by Gasteiger charge is -2.10. The fourth-order valence-corrected chi connectivity index (χ4v) is 3.94. The van der Waals surface area contributed by atoms with E-state index in [1.54, 1.807) is 0 Å². The molecular weight excluding hydrogens is 352 g/mol. The van der Waals surface area contributed by atoms with Crippen LogP contribution in [0.25, 0.3) is 11.0 Å². The number of hydrogen-bond acceptors (Lipinski definition) is 3. The molecule has 1 aromatic heterocycles. The summed E-state index contributed by atoms with van der Waals surface area (Å²) in [6.45, 7) is 1.60. The van der Waals surface area contributed by atoms with Crippen molar-refractivity contribution in [3.8, 4) is 5.75 Å². The van der Waals surface area contributed by atoms with Gasteiger partial charge in [-0.3, -0.25) is 0 Å². The number of benzene rings is 3. The highest BCUT2D eigenvalue weighted by Crippen LogP contribution is 2.25.